The quantitative estimate of drug-likeness (QED) is 0.907. The summed E-state index contributed by atoms with van der Waals surface area (Å²) >= 11 is 0. The number of nitrogens with one attached hydrogen (secondary N) is 2. The molecule has 2 heterocycles. The van der Waals surface area contributed by atoms with Crippen molar-refractivity contribution in [1.82, 2.24) is 15.2 Å². The van der Waals surface area contributed by atoms with Gasteiger partial charge in [-0.3, -0.25) is 4.79 Å². The topological polar surface area (TPSA) is 48.1 Å². The lowest BCUT2D eigenvalue weighted by molar-refractivity contribution is 0.0692. The normalized spacial score (nSPS) is 16.5. The second-order valence-corrected chi connectivity index (χ2v) is 5.79. The van der Waals surface area contributed by atoms with Gasteiger partial charge in [0.05, 0.1) is 11.1 Å². The van der Waals surface area contributed by atoms with Crippen molar-refractivity contribution in [2.24, 2.45) is 5.92 Å². The molecule has 2 aromatic rings. The number of aromatic nitrogens is 1. The van der Waals surface area contributed by atoms with Gasteiger partial charge in [0.1, 0.15) is 0 Å². The maximum Gasteiger partial charge on any atom is 0.255 e. The Bertz CT molecular complexity index is 611. The van der Waals surface area contributed by atoms with E-state index in [9.17, 15) is 4.79 Å². The molecule has 0 unspecified atom stereocenters. The number of carbonyl (C=O) groups excluding carboxylic acids is 1. The van der Waals surface area contributed by atoms with E-state index in [2.05, 4.69) is 17.2 Å². The van der Waals surface area contributed by atoms with E-state index in [1.54, 1.807) is 0 Å². The van der Waals surface area contributed by atoms with Gasteiger partial charge in [0.2, 0.25) is 0 Å². The Hall–Kier alpha value is -1.81. The SMILES string of the molecule is CCNCC1CCN(C(=O)c2cccc3cc[nH]c23)CC1. The molecule has 1 fully saturated rings. The molecule has 2 N–H and O–H groups in total. The molecule has 0 atom stereocenters. The zero-order chi connectivity index (χ0) is 14.7. The van der Waals surface area contributed by atoms with Gasteiger partial charge in [0, 0.05) is 24.7 Å². The number of para-hydroxylation sites is 1. The lowest BCUT2D eigenvalue weighted by Gasteiger charge is -2.32. The summed E-state index contributed by atoms with van der Waals surface area (Å²) in [7, 11) is 0. The Balaban J connectivity index is 1.68. The Morgan fingerprint density at radius 1 is 1.33 bits per heavy atom. The van der Waals surface area contributed by atoms with E-state index in [1.165, 1.54) is 0 Å². The molecule has 112 valence electrons. The molecule has 21 heavy (non-hydrogen) atoms. The van der Waals surface area contributed by atoms with Crippen LogP contribution in [0.1, 0.15) is 30.1 Å². The molecule has 0 bridgehead atoms. The van der Waals surface area contributed by atoms with Crippen molar-refractivity contribution in [2.75, 3.05) is 26.2 Å². The van der Waals surface area contributed by atoms with Crippen LogP contribution in [0.5, 0.6) is 0 Å². The predicted octanol–water partition coefficient (Wildman–Crippen LogP) is 2.63. The molecule has 1 saturated heterocycles. The highest BCUT2D eigenvalue weighted by molar-refractivity contribution is 6.05. The summed E-state index contributed by atoms with van der Waals surface area (Å²) in [6.45, 7) is 5.96. The number of piperidine rings is 1. The lowest BCUT2D eigenvalue weighted by Crippen LogP contribution is -2.40. The van der Waals surface area contributed by atoms with Crippen LogP contribution in [0.4, 0.5) is 0 Å². The third kappa shape index (κ3) is 2.95. The van der Waals surface area contributed by atoms with Gasteiger partial charge in [-0.1, -0.05) is 19.1 Å². The largest absolute Gasteiger partial charge is 0.361 e. The van der Waals surface area contributed by atoms with Crippen molar-refractivity contribution in [3.8, 4) is 0 Å². The number of rotatable bonds is 4. The second kappa shape index (κ2) is 6.31. The summed E-state index contributed by atoms with van der Waals surface area (Å²) in [6, 6.07) is 7.92. The van der Waals surface area contributed by atoms with Gasteiger partial charge in [-0.15, -0.1) is 0 Å². The summed E-state index contributed by atoms with van der Waals surface area (Å²) in [5, 5.41) is 4.51. The molecule has 0 radical (unpaired) electrons. The van der Waals surface area contributed by atoms with Crippen molar-refractivity contribution in [2.45, 2.75) is 19.8 Å². The molecule has 0 saturated carbocycles. The number of hydrogen-bond acceptors (Lipinski definition) is 2. The molecule has 4 nitrogen and oxygen atoms in total. The van der Waals surface area contributed by atoms with E-state index in [0.717, 1.165) is 55.5 Å². The first kappa shape index (κ1) is 14.1. The third-order valence-corrected chi connectivity index (χ3v) is 4.40. The average molecular weight is 285 g/mol. The number of benzene rings is 1. The zero-order valence-electron chi connectivity index (χ0n) is 12.6. The molecule has 4 heteroatoms. The Morgan fingerprint density at radius 3 is 2.90 bits per heavy atom. The molecule has 1 amide bonds. The van der Waals surface area contributed by atoms with Crippen LogP contribution in [-0.4, -0.2) is 42.0 Å². The van der Waals surface area contributed by atoms with E-state index in [1.807, 2.05) is 35.4 Å². The highest BCUT2D eigenvalue weighted by atomic mass is 16.2. The van der Waals surface area contributed by atoms with Crippen LogP contribution >= 0.6 is 0 Å². The number of H-pyrrole nitrogens is 1. The lowest BCUT2D eigenvalue weighted by atomic mass is 9.96. The number of hydrogen-bond donors (Lipinski definition) is 2. The number of fused-ring (bicyclic) bond motifs is 1. The molecular formula is C17H23N3O. The fourth-order valence-corrected chi connectivity index (χ4v) is 3.12. The Morgan fingerprint density at radius 2 is 2.14 bits per heavy atom. The molecule has 1 aromatic heterocycles. The number of amides is 1. The molecule has 0 spiro atoms. The molecule has 1 aromatic carbocycles. The minimum atomic E-state index is 0.157. The van der Waals surface area contributed by atoms with Crippen molar-refractivity contribution < 1.29 is 4.79 Å². The second-order valence-electron chi connectivity index (χ2n) is 5.79. The standard InChI is InChI=1S/C17H23N3O/c1-2-18-12-13-7-10-20(11-8-13)17(21)15-5-3-4-14-6-9-19-16(14)15/h3-6,9,13,18-19H,2,7-8,10-12H2,1H3. The van der Waals surface area contributed by atoms with Crippen LogP contribution in [0, 0.1) is 5.92 Å². The van der Waals surface area contributed by atoms with E-state index < -0.39 is 0 Å². The van der Waals surface area contributed by atoms with Crippen LogP contribution in [0.25, 0.3) is 10.9 Å². The van der Waals surface area contributed by atoms with Gasteiger partial charge in [-0.2, -0.15) is 0 Å². The number of likely N-dealkylation sites (tertiary alicyclic amines) is 1. The van der Waals surface area contributed by atoms with Crippen LogP contribution in [-0.2, 0) is 0 Å². The van der Waals surface area contributed by atoms with Crippen LogP contribution in [0.3, 0.4) is 0 Å². The van der Waals surface area contributed by atoms with Crippen molar-refractivity contribution in [3.63, 3.8) is 0 Å². The minimum absolute atomic E-state index is 0.157. The van der Waals surface area contributed by atoms with Gasteiger partial charge in [0.15, 0.2) is 0 Å². The number of nitrogens with zero attached hydrogens (tertiary/aromatic N) is 1. The Labute approximate surface area is 125 Å². The monoisotopic (exact) mass is 285 g/mol. The van der Waals surface area contributed by atoms with Gasteiger partial charge in [-0.05, 0) is 44.0 Å². The van der Waals surface area contributed by atoms with Crippen molar-refractivity contribution in [3.05, 3.63) is 36.0 Å². The average Bonchev–Trinajstić information content (AvgIpc) is 3.01. The maximum absolute atomic E-state index is 12.7. The highest BCUT2D eigenvalue weighted by Crippen LogP contribution is 2.22. The van der Waals surface area contributed by atoms with Crippen LogP contribution < -0.4 is 5.32 Å². The molecule has 3 rings (SSSR count). The van der Waals surface area contributed by atoms with E-state index in [4.69, 9.17) is 0 Å². The summed E-state index contributed by atoms with van der Waals surface area (Å²) < 4.78 is 0. The Kier molecular flexibility index (Phi) is 4.25. The smallest absolute Gasteiger partial charge is 0.255 e. The van der Waals surface area contributed by atoms with E-state index in [-0.39, 0.29) is 5.91 Å². The summed E-state index contributed by atoms with van der Waals surface area (Å²) in [5.74, 6) is 0.861. The first-order valence-corrected chi connectivity index (χ1v) is 7.85. The first-order valence-electron chi connectivity index (χ1n) is 7.85. The molecule has 1 aliphatic rings. The molecule has 0 aliphatic carbocycles. The van der Waals surface area contributed by atoms with Crippen molar-refractivity contribution in [1.29, 1.82) is 0 Å². The fraction of sp³-hybridized carbons (Fsp3) is 0.471. The first-order chi connectivity index (χ1) is 10.3. The summed E-state index contributed by atoms with van der Waals surface area (Å²) in [6.07, 6.45) is 4.09. The van der Waals surface area contributed by atoms with Crippen LogP contribution in [0.15, 0.2) is 30.5 Å². The fourth-order valence-electron chi connectivity index (χ4n) is 3.12. The number of carbonyl (C=O) groups is 1. The van der Waals surface area contributed by atoms with Gasteiger partial charge < -0.3 is 15.2 Å². The predicted molar refractivity (Wildman–Crippen MR) is 85.5 cm³/mol. The third-order valence-electron chi connectivity index (χ3n) is 4.40. The van der Waals surface area contributed by atoms with E-state index in [0.29, 0.717) is 5.92 Å². The number of aromatic amines is 1. The van der Waals surface area contributed by atoms with Crippen molar-refractivity contribution >= 4 is 16.8 Å². The van der Waals surface area contributed by atoms with Gasteiger partial charge >= 0.3 is 0 Å². The van der Waals surface area contributed by atoms with Crippen LogP contribution in [0.2, 0.25) is 0 Å². The maximum atomic E-state index is 12.7. The minimum Gasteiger partial charge on any atom is -0.361 e. The van der Waals surface area contributed by atoms with Gasteiger partial charge in [-0.25, -0.2) is 0 Å². The summed E-state index contributed by atoms with van der Waals surface area (Å²) in [5.41, 5.74) is 1.75. The molecule has 1 aliphatic heterocycles. The highest BCUT2D eigenvalue weighted by Gasteiger charge is 2.24. The molecular weight excluding hydrogens is 262 g/mol. The summed E-state index contributed by atoms with van der Waals surface area (Å²) in [4.78, 5) is 17.9. The zero-order valence-corrected chi connectivity index (χ0v) is 12.6. The van der Waals surface area contributed by atoms with E-state index >= 15 is 0 Å². The van der Waals surface area contributed by atoms with Gasteiger partial charge in [0.25, 0.3) is 5.91 Å².